The fourth-order valence-electron chi connectivity index (χ4n) is 2.61. The number of nitrogen functional groups attached to an aromatic ring is 1. The van der Waals surface area contributed by atoms with Crippen LogP contribution in [0.3, 0.4) is 0 Å². The molecular formula is C22H25N5O2. The monoisotopic (exact) mass is 391 g/mol. The van der Waals surface area contributed by atoms with Crippen LogP contribution < -0.4 is 16.4 Å². The SMILES string of the molecule is Cc1cccc(Nc2ncnc(Nc3ccc(C(=O)OCC(C)C)cc3)c2N)c1. The zero-order valence-corrected chi connectivity index (χ0v) is 16.8. The fraction of sp³-hybridized carbons (Fsp3) is 0.227. The molecule has 3 aromatic rings. The summed E-state index contributed by atoms with van der Waals surface area (Å²) in [5.74, 6) is 0.951. The van der Waals surface area contributed by atoms with Crippen LogP contribution in [0.25, 0.3) is 0 Å². The number of nitrogens with one attached hydrogen (secondary N) is 2. The van der Waals surface area contributed by atoms with Gasteiger partial charge in [0.15, 0.2) is 11.6 Å². The van der Waals surface area contributed by atoms with Gasteiger partial charge < -0.3 is 21.1 Å². The first-order valence-corrected chi connectivity index (χ1v) is 9.40. The molecule has 150 valence electrons. The first-order valence-electron chi connectivity index (χ1n) is 9.40. The van der Waals surface area contributed by atoms with Crippen LogP contribution in [0.4, 0.5) is 28.7 Å². The predicted molar refractivity (Wildman–Crippen MR) is 116 cm³/mol. The molecule has 0 aliphatic heterocycles. The number of benzene rings is 2. The molecule has 4 N–H and O–H groups in total. The molecule has 0 bridgehead atoms. The molecule has 3 rings (SSSR count). The molecule has 7 nitrogen and oxygen atoms in total. The fourth-order valence-corrected chi connectivity index (χ4v) is 2.61. The van der Waals surface area contributed by atoms with Crippen molar-refractivity contribution in [2.45, 2.75) is 20.8 Å². The number of hydrogen-bond donors (Lipinski definition) is 3. The lowest BCUT2D eigenvalue weighted by Gasteiger charge is -2.13. The van der Waals surface area contributed by atoms with E-state index in [4.69, 9.17) is 10.5 Å². The van der Waals surface area contributed by atoms with Crippen molar-refractivity contribution in [1.82, 2.24) is 9.97 Å². The van der Waals surface area contributed by atoms with E-state index in [-0.39, 0.29) is 5.97 Å². The number of carbonyl (C=O) groups excluding carboxylic acids is 1. The van der Waals surface area contributed by atoms with Crippen molar-refractivity contribution in [1.29, 1.82) is 0 Å². The number of nitrogens with two attached hydrogens (primary N) is 1. The smallest absolute Gasteiger partial charge is 0.338 e. The van der Waals surface area contributed by atoms with Crippen molar-refractivity contribution in [2.75, 3.05) is 23.0 Å². The van der Waals surface area contributed by atoms with Gasteiger partial charge in [-0.1, -0.05) is 26.0 Å². The molecule has 0 radical (unpaired) electrons. The van der Waals surface area contributed by atoms with Gasteiger partial charge in [0.2, 0.25) is 0 Å². The Morgan fingerprint density at radius 3 is 2.31 bits per heavy atom. The van der Waals surface area contributed by atoms with Gasteiger partial charge in [0.1, 0.15) is 12.0 Å². The molecule has 0 saturated heterocycles. The van der Waals surface area contributed by atoms with Crippen molar-refractivity contribution in [3.63, 3.8) is 0 Å². The lowest BCUT2D eigenvalue weighted by Crippen LogP contribution is -2.10. The van der Waals surface area contributed by atoms with Crippen LogP contribution >= 0.6 is 0 Å². The second kappa shape index (κ2) is 9.05. The number of ether oxygens (including phenoxy) is 1. The first-order chi connectivity index (χ1) is 13.9. The van der Waals surface area contributed by atoms with Crippen LogP contribution in [0.2, 0.25) is 0 Å². The molecule has 0 saturated carbocycles. The quantitative estimate of drug-likeness (QED) is 0.503. The van der Waals surface area contributed by atoms with Gasteiger partial charge in [-0.05, 0) is 54.8 Å². The topological polar surface area (TPSA) is 102 Å². The Balaban J connectivity index is 1.71. The molecule has 7 heteroatoms. The van der Waals surface area contributed by atoms with E-state index < -0.39 is 0 Å². The Hall–Kier alpha value is -3.61. The highest BCUT2D eigenvalue weighted by Gasteiger charge is 2.11. The summed E-state index contributed by atoms with van der Waals surface area (Å²) in [4.78, 5) is 20.5. The van der Waals surface area contributed by atoms with Crippen LogP contribution in [-0.4, -0.2) is 22.5 Å². The summed E-state index contributed by atoms with van der Waals surface area (Å²) >= 11 is 0. The number of carbonyl (C=O) groups is 1. The average molecular weight is 391 g/mol. The van der Waals surface area contributed by atoms with Gasteiger partial charge in [-0.25, -0.2) is 14.8 Å². The normalized spacial score (nSPS) is 10.6. The summed E-state index contributed by atoms with van der Waals surface area (Å²) in [5, 5.41) is 6.37. The molecule has 0 aliphatic carbocycles. The largest absolute Gasteiger partial charge is 0.462 e. The van der Waals surface area contributed by atoms with Gasteiger partial charge in [0.05, 0.1) is 12.2 Å². The highest BCUT2D eigenvalue weighted by molar-refractivity contribution is 5.90. The summed E-state index contributed by atoms with van der Waals surface area (Å²) < 4.78 is 5.24. The molecule has 0 atom stereocenters. The summed E-state index contributed by atoms with van der Waals surface area (Å²) in [6.07, 6.45) is 1.44. The number of rotatable bonds is 7. The molecule has 29 heavy (non-hydrogen) atoms. The van der Waals surface area contributed by atoms with Crippen LogP contribution in [0.5, 0.6) is 0 Å². The van der Waals surface area contributed by atoms with Crippen molar-refractivity contribution >= 4 is 34.7 Å². The van der Waals surface area contributed by atoms with E-state index in [9.17, 15) is 4.79 Å². The third kappa shape index (κ3) is 5.44. The lowest BCUT2D eigenvalue weighted by molar-refractivity contribution is 0.0459. The Morgan fingerprint density at radius 2 is 1.69 bits per heavy atom. The molecular weight excluding hydrogens is 366 g/mol. The van der Waals surface area contributed by atoms with Crippen molar-refractivity contribution in [3.05, 3.63) is 66.0 Å². The molecule has 1 heterocycles. The van der Waals surface area contributed by atoms with E-state index in [1.807, 2.05) is 45.0 Å². The van der Waals surface area contributed by atoms with Gasteiger partial charge >= 0.3 is 5.97 Å². The van der Waals surface area contributed by atoms with E-state index >= 15 is 0 Å². The zero-order valence-electron chi connectivity index (χ0n) is 16.8. The third-order valence-corrected chi connectivity index (χ3v) is 4.10. The lowest BCUT2D eigenvalue weighted by atomic mass is 10.2. The predicted octanol–water partition coefficient (Wildman–Crippen LogP) is 4.67. The summed E-state index contributed by atoms with van der Waals surface area (Å²) in [7, 11) is 0. The number of anilines is 5. The summed E-state index contributed by atoms with van der Waals surface area (Å²) in [5.41, 5.74) is 9.90. The Morgan fingerprint density at radius 1 is 1.03 bits per heavy atom. The minimum absolute atomic E-state index is 0.295. The van der Waals surface area contributed by atoms with Gasteiger partial charge in [0.25, 0.3) is 0 Å². The highest BCUT2D eigenvalue weighted by Crippen LogP contribution is 2.28. The van der Waals surface area contributed by atoms with Crippen molar-refractivity contribution < 1.29 is 9.53 Å². The number of aryl methyl sites for hydroxylation is 1. The van der Waals surface area contributed by atoms with Crippen LogP contribution in [0.1, 0.15) is 29.8 Å². The van der Waals surface area contributed by atoms with Crippen molar-refractivity contribution in [2.24, 2.45) is 5.92 Å². The molecule has 0 amide bonds. The maximum Gasteiger partial charge on any atom is 0.338 e. The number of hydrogen-bond acceptors (Lipinski definition) is 7. The second-order valence-corrected chi connectivity index (χ2v) is 7.17. The molecule has 0 unspecified atom stereocenters. The zero-order chi connectivity index (χ0) is 20.8. The summed E-state index contributed by atoms with van der Waals surface area (Å²) in [6.45, 7) is 6.40. The highest BCUT2D eigenvalue weighted by atomic mass is 16.5. The third-order valence-electron chi connectivity index (χ3n) is 4.10. The molecule has 0 aliphatic rings. The Bertz CT molecular complexity index is 987. The molecule has 2 aromatic carbocycles. The first kappa shape index (κ1) is 20.1. The van der Waals surface area contributed by atoms with Gasteiger partial charge in [0, 0.05) is 11.4 Å². The Labute approximate surface area is 170 Å². The number of esters is 1. The van der Waals surface area contributed by atoms with E-state index in [0.29, 0.717) is 35.4 Å². The van der Waals surface area contributed by atoms with E-state index in [0.717, 1.165) is 16.9 Å². The maximum absolute atomic E-state index is 12.0. The van der Waals surface area contributed by atoms with Gasteiger partial charge in [-0.3, -0.25) is 0 Å². The van der Waals surface area contributed by atoms with Crippen LogP contribution in [0.15, 0.2) is 54.9 Å². The van der Waals surface area contributed by atoms with E-state index in [2.05, 4.69) is 20.6 Å². The van der Waals surface area contributed by atoms with Gasteiger partial charge in [-0.2, -0.15) is 0 Å². The number of aromatic nitrogens is 2. The van der Waals surface area contributed by atoms with E-state index in [1.54, 1.807) is 24.3 Å². The van der Waals surface area contributed by atoms with E-state index in [1.165, 1.54) is 6.33 Å². The van der Waals surface area contributed by atoms with Crippen LogP contribution in [0, 0.1) is 12.8 Å². The Kier molecular flexibility index (Phi) is 6.29. The minimum atomic E-state index is -0.337. The minimum Gasteiger partial charge on any atom is -0.462 e. The average Bonchev–Trinajstić information content (AvgIpc) is 2.70. The molecule has 0 fully saturated rings. The standard InChI is InChI=1S/C22H25N5O2/c1-14(2)12-29-22(28)16-7-9-17(10-8-16)26-20-19(23)21(25-13-24-20)27-18-6-4-5-15(3)11-18/h4-11,13-14H,12,23H2,1-3H3,(H2,24,25,26,27). The van der Waals surface area contributed by atoms with Crippen molar-refractivity contribution in [3.8, 4) is 0 Å². The van der Waals surface area contributed by atoms with Gasteiger partial charge in [-0.15, -0.1) is 0 Å². The van der Waals surface area contributed by atoms with Crippen LogP contribution in [-0.2, 0) is 4.74 Å². The molecule has 0 spiro atoms. The summed E-state index contributed by atoms with van der Waals surface area (Å²) in [6, 6.07) is 14.9. The second-order valence-electron chi connectivity index (χ2n) is 7.17. The maximum atomic E-state index is 12.0. The molecule has 1 aromatic heterocycles. The number of nitrogens with zero attached hydrogens (tertiary/aromatic N) is 2.